The number of halogens is 1. The summed E-state index contributed by atoms with van der Waals surface area (Å²) in [6, 6.07) is 4.49. The number of hydrogen-bond donors (Lipinski definition) is 1. The van der Waals surface area contributed by atoms with Crippen molar-refractivity contribution in [2.24, 2.45) is 10.7 Å². The summed E-state index contributed by atoms with van der Waals surface area (Å²) in [5.74, 6) is 0.116. The van der Waals surface area contributed by atoms with E-state index in [1.165, 1.54) is 43.7 Å². The van der Waals surface area contributed by atoms with Gasteiger partial charge in [0.2, 0.25) is 5.88 Å². The standard InChI is InChI=1S/C21H18FN5O3S/c1-21(7-18(31-20(23)27-21)17-9-24-11-30-17)13-5-12(3-4-14(13)22)6-16(28)15-8-26-19(29-2)10-25-15/h3-5,7-11H,6H2,1-2H3,(H2,23,27)/t21-/m0/s1. The molecule has 0 saturated heterocycles. The Morgan fingerprint density at radius 3 is 2.81 bits per heavy atom. The number of carbonyl (C=O) groups excluding carboxylic acids is 1. The molecule has 10 heteroatoms. The number of hydrogen-bond acceptors (Lipinski definition) is 9. The molecule has 31 heavy (non-hydrogen) atoms. The maximum atomic E-state index is 14.8. The maximum Gasteiger partial charge on any atom is 0.232 e. The van der Waals surface area contributed by atoms with E-state index >= 15 is 0 Å². The van der Waals surface area contributed by atoms with Crippen LogP contribution in [-0.4, -0.2) is 33.0 Å². The van der Waals surface area contributed by atoms with Gasteiger partial charge in [-0.05, 0) is 42.5 Å². The SMILES string of the molecule is COc1cnc(C(=O)Cc2ccc(F)c([C@]3(C)C=C(c4cnco4)SC(N)=N3)c2)cn1. The van der Waals surface area contributed by atoms with Gasteiger partial charge in [-0.2, -0.15) is 0 Å². The average molecular weight is 439 g/mol. The number of methoxy groups -OCH3 is 1. The van der Waals surface area contributed by atoms with Gasteiger partial charge in [0.25, 0.3) is 0 Å². The number of Topliss-reactive ketones (excluding diaryl/α,β-unsaturated/α-hetero) is 1. The van der Waals surface area contributed by atoms with Crippen LogP contribution in [0, 0.1) is 5.82 Å². The normalized spacial score (nSPS) is 18.3. The van der Waals surface area contributed by atoms with Crippen molar-refractivity contribution in [2.45, 2.75) is 18.9 Å². The Bertz CT molecular complexity index is 1180. The summed E-state index contributed by atoms with van der Waals surface area (Å²) in [4.78, 5) is 29.7. The third kappa shape index (κ3) is 4.33. The van der Waals surface area contributed by atoms with Crippen molar-refractivity contribution in [3.8, 4) is 5.88 Å². The summed E-state index contributed by atoms with van der Waals surface area (Å²) in [5.41, 5.74) is 6.04. The highest BCUT2D eigenvalue weighted by molar-refractivity contribution is 8.21. The van der Waals surface area contributed by atoms with E-state index in [0.717, 1.165) is 0 Å². The zero-order valence-corrected chi connectivity index (χ0v) is 17.5. The topological polar surface area (TPSA) is 116 Å². The van der Waals surface area contributed by atoms with E-state index in [9.17, 15) is 9.18 Å². The van der Waals surface area contributed by atoms with Crippen LogP contribution in [0.15, 0.2) is 58.7 Å². The molecule has 0 spiro atoms. The van der Waals surface area contributed by atoms with Crippen molar-refractivity contribution in [3.05, 3.63) is 77.7 Å². The number of amidine groups is 1. The van der Waals surface area contributed by atoms with Crippen molar-refractivity contribution in [1.82, 2.24) is 15.0 Å². The fourth-order valence-electron chi connectivity index (χ4n) is 3.19. The molecule has 0 radical (unpaired) electrons. The van der Waals surface area contributed by atoms with Crippen LogP contribution < -0.4 is 10.5 Å². The molecule has 1 aliphatic rings. The van der Waals surface area contributed by atoms with Gasteiger partial charge in [-0.25, -0.2) is 24.3 Å². The van der Waals surface area contributed by atoms with Gasteiger partial charge in [-0.1, -0.05) is 6.07 Å². The molecular formula is C21H18FN5O3S. The summed E-state index contributed by atoms with van der Waals surface area (Å²) in [7, 11) is 1.47. The van der Waals surface area contributed by atoms with Gasteiger partial charge < -0.3 is 14.9 Å². The number of oxazole rings is 1. The Labute approximate surface area is 181 Å². The Hall–Kier alpha value is -3.53. The monoisotopic (exact) mass is 439 g/mol. The molecule has 1 atom stereocenters. The maximum absolute atomic E-state index is 14.8. The van der Waals surface area contributed by atoms with Crippen molar-refractivity contribution < 1.29 is 18.3 Å². The van der Waals surface area contributed by atoms with E-state index in [1.807, 2.05) is 0 Å². The number of carbonyl (C=O) groups is 1. The van der Waals surface area contributed by atoms with Gasteiger partial charge >= 0.3 is 0 Å². The van der Waals surface area contributed by atoms with E-state index in [2.05, 4.69) is 19.9 Å². The molecule has 0 fully saturated rings. The van der Waals surface area contributed by atoms with E-state index in [1.54, 1.807) is 31.3 Å². The van der Waals surface area contributed by atoms with Crippen LogP contribution in [-0.2, 0) is 12.0 Å². The van der Waals surface area contributed by atoms with E-state index < -0.39 is 11.4 Å². The first-order valence-electron chi connectivity index (χ1n) is 9.21. The quantitative estimate of drug-likeness (QED) is 0.581. The Kier molecular flexibility index (Phi) is 5.55. The van der Waals surface area contributed by atoms with Crippen LogP contribution in [0.5, 0.6) is 5.88 Å². The van der Waals surface area contributed by atoms with Gasteiger partial charge in [-0.15, -0.1) is 0 Å². The van der Waals surface area contributed by atoms with Crippen molar-refractivity contribution in [3.63, 3.8) is 0 Å². The third-order valence-electron chi connectivity index (χ3n) is 4.71. The first kappa shape index (κ1) is 20.7. The Balaban J connectivity index is 1.65. The van der Waals surface area contributed by atoms with Gasteiger partial charge in [0.1, 0.15) is 17.1 Å². The molecule has 8 nitrogen and oxygen atoms in total. The van der Waals surface area contributed by atoms with Crippen LogP contribution in [0.3, 0.4) is 0 Å². The Morgan fingerprint density at radius 2 is 2.13 bits per heavy atom. The number of rotatable bonds is 6. The number of aromatic nitrogens is 3. The molecule has 0 unspecified atom stereocenters. The van der Waals surface area contributed by atoms with Crippen molar-refractivity contribution in [1.29, 1.82) is 0 Å². The molecule has 1 aliphatic heterocycles. The zero-order chi connectivity index (χ0) is 22.0. The first-order chi connectivity index (χ1) is 14.9. The van der Waals surface area contributed by atoms with Crippen LogP contribution in [0.25, 0.3) is 4.91 Å². The number of benzene rings is 1. The molecule has 3 heterocycles. The summed E-state index contributed by atoms with van der Waals surface area (Å²) in [6.07, 6.45) is 7.38. The minimum atomic E-state index is -1.08. The molecule has 0 aliphatic carbocycles. The number of aliphatic imine (C=N–C) groups is 1. The Morgan fingerprint density at radius 1 is 1.29 bits per heavy atom. The lowest BCUT2D eigenvalue weighted by Gasteiger charge is -2.28. The number of nitrogens with two attached hydrogens (primary N) is 1. The predicted molar refractivity (Wildman–Crippen MR) is 114 cm³/mol. The number of thioether (sulfide) groups is 1. The lowest BCUT2D eigenvalue weighted by atomic mass is 9.89. The second-order valence-electron chi connectivity index (χ2n) is 6.93. The predicted octanol–water partition coefficient (Wildman–Crippen LogP) is 3.36. The fourth-order valence-corrected chi connectivity index (χ4v) is 4.14. The molecule has 4 rings (SSSR count). The van der Waals surface area contributed by atoms with Crippen LogP contribution in [0.4, 0.5) is 4.39 Å². The molecule has 1 aromatic carbocycles. The first-order valence-corrected chi connectivity index (χ1v) is 10.0. The summed E-state index contributed by atoms with van der Waals surface area (Å²) in [6.45, 7) is 1.74. The second-order valence-corrected chi connectivity index (χ2v) is 7.99. The second kappa shape index (κ2) is 8.31. The highest BCUT2D eigenvalue weighted by Crippen LogP contribution is 2.41. The summed E-state index contributed by atoms with van der Waals surface area (Å²) < 4.78 is 25.1. The lowest BCUT2D eigenvalue weighted by molar-refractivity contribution is 0.0987. The van der Waals surface area contributed by atoms with Crippen LogP contribution in [0.2, 0.25) is 0 Å². The van der Waals surface area contributed by atoms with E-state index in [0.29, 0.717) is 27.7 Å². The molecule has 158 valence electrons. The van der Waals surface area contributed by atoms with E-state index in [-0.39, 0.29) is 23.1 Å². The van der Waals surface area contributed by atoms with E-state index in [4.69, 9.17) is 14.9 Å². The minimum Gasteiger partial charge on any atom is -0.480 e. The van der Waals surface area contributed by atoms with Crippen LogP contribution in [0.1, 0.15) is 34.3 Å². The number of ether oxygens (including phenoxy) is 1. The van der Waals surface area contributed by atoms with Crippen molar-refractivity contribution >= 4 is 27.6 Å². The highest BCUT2D eigenvalue weighted by atomic mass is 32.2. The molecule has 3 aromatic rings. The summed E-state index contributed by atoms with van der Waals surface area (Å²) >= 11 is 1.22. The summed E-state index contributed by atoms with van der Waals surface area (Å²) in [5, 5.41) is 0.269. The molecule has 2 aromatic heterocycles. The zero-order valence-electron chi connectivity index (χ0n) is 16.7. The lowest BCUT2D eigenvalue weighted by Crippen LogP contribution is -2.26. The number of ketones is 1. The molecule has 0 saturated carbocycles. The third-order valence-corrected chi connectivity index (χ3v) is 5.55. The smallest absolute Gasteiger partial charge is 0.232 e. The van der Waals surface area contributed by atoms with Crippen LogP contribution >= 0.6 is 11.8 Å². The van der Waals surface area contributed by atoms with Gasteiger partial charge in [0.15, 0.2) is 23.1 Å². The van der Waals surface area contributed by atoms with Gasteiger partial charge in [0, 0.05) is 12.0 Å². The average Bonchev–Trinajstić information content (AvgIpc) is 3.29. The molecular weight excluding hydrogens is 421 g/mol. The fraction of sp³-hybridized carbons (Fsp3) is 0.190. The van der Waals surface area contributed by atoms with Gasteiger partial charge in [0.05, 0.1) is 30.6 Å². The highest BCUT2D eigenvalue weighted by Gasteiger charge is 2.33. The number of nitrogens with zero attached hydrogens (tertiary/aromatic N) is 4. The van der Waals surface area contributed by atoms with Gasteiger partial charge in [-0.3, -0.25) is 4.79 Å². The molecule has 0 bridgehead atoms. The van der Waals surface area contributed by atoms with Crippen molar-refractivity contribution in [2.75, 3.05) is 7.11 Å². The molecule has 0 amide bonds. The minimum absolute atomic E-state index is 0.0248. The molecule has 2 N–H and O–H groups in total. The largest absolute Gasteiger partial charge is 0.480 e.